The molecular formula is C19H23N3O4S. The van der Waals surface area contributed by atoms with E-state index in [1.807, 2.05) is 24.3 Å². The smallest absolute Gasteiger partial charge is 0.317 e. The molecular weight excluding hydrogens is 366 g/mol. The van der Waals surface area contributed by atoms with E-state index in [0.717, 1.165) is 29.0 Å². The number of aliphatic hydroxyl groups is 1. The maximum absolute atomic E-state index is 12.8. The lowest BCUT2D eigenvalue weighted by Gasteiger charge is -2.26. The Labute approximate surface area is 161 Å². The number of primary amides is 1. The van der Waals surface area contributed by atoms with Crippen LogP contribution in [0.1, 0.15) is 36.0 Å². The van der Waals surface area contributed by atoms with Crippen molar-refractivity contribution in [3.63, 3.8) is 0 Å². The van der Waals surface area contributed by atoms with Crippen LogP contribution in [0.25, 0.3) is 10.4 Å². The lowest BCUT2D eigenvalue weighted by Crippen LogP contribution is -2.38. The summed E-state index contributed by atoms with van der Waals surface area (Å²) in [5.74, 6) is 0.486. The van der Waals surface area contributed by atoms with Gasteiger partial charge in [0.15, 0.2) is 0 Å². The summed E-state index contributed by atoms with van der Waals surface area (Å²) in [4.78, 5) is 24.9. The van der Waals surface area contributed by atoms with E-state index in [1.165, 1.54) is 11.3 Å². The highest BCUT2D eigenvalue weighted by atomic mass is 32.1. The number of carbonyl (C=O) groups is 2. The molecule has 1 saturated carbocycles. The molecule has 1 fully saturated rings. The number of aliphatic hydroxyl groups excluding tert-OH is 1. The summed E-state index contributed by atoms with van der Waals surface area (Å²) in [5, 5.41) is 15.6. The SMILES string of the molecule is COc1ccc(-c2cc(C(=O)N[C@H]3CC[C@H](O)CC3)c(NC(N)=O)s2)cc1. The van der Waals surface area contributed by atoms with Gasteiger partial charge >= 0.3 is 6.03 Å². The Kier molecular flexibility index (Phi) is 5.98. The van der Waals surface area contributed by atoms with E-state index in [2.05, 4.69) is 10.6 Å². The second-order valence-electron chi connectivity index (χ2n) is 6.55. The number of anilines is 1. The van der Waals surface area contributed by atoms with E-state index < -0.39 is 6.03 Å². The van der Waals surface area contributed by atoms with Crippen LogP contribution in [0.5, 0.6) is 5.75 Å². The Morgan fingerprint density at radius 3 is 2.44 bits per heavy atom. The number of ether oxygens (including phenoxy) is 1. The van der Waals surface area contributed by atoms with Gasteiger partial charge in [0.05, 0.1) is 18.8 Å². The van der Waals surface area contributed by atoms with Crippen LogP contribution >= 0.6 is 11.3 Å². The van der Waals surface area contributed by atoms with E-state index in [9.17, 15) is 14.7 Å². The number of benzene rings is 1. The van der Waals surface area contributed by atoms with E-state index in [4.69, 9.17) is 10.5 Å². The maximum Gasteiger partial charge on any atom is 0.317 e. The minimum absolute atomic E-state index is 0.0201. The fourth-order valence-corrected chi connectivity index (χ4v) is 4.21. The molecule has 2 aromatic rings. The van der Waals surface area contributed by atoms with Gasteiger partial charge in [-0.25, -0.2) is 4.79 Å². The molecule has 0 bridgehead atoms. The van der Waals surface area contributed by atoms with Crippen LogP contribution in [0, 0.1) is 0 Å². The number of thiophene rings is 1. The first-order valence-corrected chi connectivity index (χ1v) is 9.61. The zero-order chi connectivity index (χ0) is 19.4. The number of urea groups is 1. The summed E-state index contributed by atoms with van der Waals surface area (Å²) in [7, 11) is 1.60. The van der Waals surface area contributed by atoms with Crippen molar-refractivity contribution in [3.8, 4) is 16.2 Å². The summed E-state index contributed by atoms with van der Waals surface area (Å²) >= 11 is 1.29. The highest BCUT2D eigenvalue weighted by Crippen LogP contribution is 2.36. The number of methoxy groups -OCH3 is 1. The van der Waals surface area contributed by atoms with Gasteiger partial charge in [-0.2, -0.15) is 0 Å². The molecule has 1 aliphatic carbocycles. The first-order valence-electron chi connectivity index (χ1n) is 8.80. The molecule has 27 heavy (non-hydrogen) atoms. The Morgan fingerprint density at radius 1 is 1.19 bits per heavy atom. The third kappa shape index (κ3) is 4.78. The lowest BCUT2D eigenvalue weighted by atomic mass is 9.93. The Hall–Kier alpha value is -2.58. The molecule has 0 radical (unpaired) electrons. The van der Waals surface area contributed by atoms with Crippen molar-refractivity contribution in [1.82, 2.24) is 5.32 Å². The monoisotopic (exact) mass is 389 g/mol. The zero-order valence-corrected chi connectivity index (χ0v) is 15.8. The average molecular weight is 389 g/mol. The normalized spacial score (nSPS) is 19.3. The van der Waals surface area contributed by atoms with E-state index in [-0.39, 0.29) is 18.1 Å². The van der Waals surface area contributed by atoms with Gasteiger partial charge in [0.1, 0.15) is 10.8 Å². The first kappa shape index (κ1) is 19.2. The largest absolute Gasteiger partial charge is 0.497 e. The molecule has 5 N–H and O–H groups in total. The third-order valence-electron chi connectivity index (χ3n) is 4.62. The molecule has 7 nitrogen and oxygen atoms in total. The highest BCUT2D eigenvalue weighted by Gasteiger charge is 2.24. The van der Waals surface area contributed by atoms with Crippen molar-refractivity contribution < 1.29 is 19.4 Å². The number of amides is 3. The maximum atomic E-state index is 12.8. The predicted molar refractivity (Wildman–Crippen MR) is 105 cm³/mol. The number of hydrogen-bond acceptors (Lipinski definition) is 5. The van der Waals surface area contributed by atoms with E-state index in [1.54, 1.807) is 13.2 Å². The van der Waals surface area contributed by atoms with Crippen LogP contribution in [-0.2, 0) is 0 Å². The predicted octanol–water partition coefficient (Wildman–Crippen LogP) is 2.95. The fraction of sp³-hybridized carbons (Fsp3) is 0.368. The van der Waals surface area contributed by atoms with Crippen LogP contribution in [0.15, 0.2) is 30.3 Å². The van der Waals surface area contributed by atoms with Crippen LogP contribution in [0.3, 0.4) is 0 Å². The molecule has 3 rings (SSSR count). The molecule has 0 unspecified atom stereocenters. The number of hydrogen-bond donors (Lipinski definition) is 4. The number of rotatable bonds is 5. The van der Waals surface area contributed by atoms with E-state index in [0.29, 0.717) is 23.4 Å². The molecule has 3 amide bonds. The van der Waals surface area contributed by atoms with E-state index >= 15 is 0 Å². The molecule has 1 aliphatic rings. The van der Waals surface area contributed by atoms with Gasteiger partial charge in [0, 0.05) is 10.9 Å². The van der Waals surface area contributed by atoms with Gasteiger partial charge in [-0.15, -0.1) is 11.3 Å². The van der Waals surface area contributed by atoms with Crippen LogP contribution in [0.4, 0.5) is 9.80 Å². The van der Waals surface area contributed by atoms with Crippen molar-refractivity contribution >= 4 is 28.3 Å². The minimum Gasteiger partial charge on any atom is -0.497 e. The Balaban J connectivity index is 1.82. The Bertz CT molecular complexity index is 811. The highest BCUT2D eigenvalue weighted by molar-refractivity contribution is 7.20. The van der Waals surface area contributed by atoms with Gasteiger partial charge in [0.25, 0.3) is 5.91 Å². The molecule has 1 aromatic heterocycles. The van der Waals surface area contributed by atoms with Gasteiger partial charge in [-0.3, -0.25) is 10.1 Å². The van der Waals surface area contributed by atoms with Gasteiger partial charge in [-0.1, -0.05) is 0 Å². The lowest BCUT2D eigenvalue weighted by molar-refractivity contribution is 0.0869. The molecule has 1 heterocycles. The van der Waals surface area contributed by atoms with Crippen LogP contribution < -0.4 is 21.1 Å². The molecule has 1 aromatic carbocycles. The molecule has 144 valence electrons. The van der Waals surface area contributed by atoms with Crippen LogP contribution in [-0.4, -0.2) is 36.3 Å². The van der Waals surface area contributed by atoms with Crippen molar-refractivity contribution in [2.24, 2.45) is 5.73 Å². The Morgan fingerprint density at radius 2 is 1.85 bits per heavy atom. The second-order valence-corrected chi connectivity index (χ2v) is 7.60. The summed E-state index contributed by atoms with van der Waals surface area (Å²) < 4.78 is 5.16. The van der Waals surface area contributed by atoms with Crippen molar-refractivity contribution in [1.29, 1.82) is 0 Å². The summed E-state index contributed by atoms with van der Waals surface area (Å²) in [5.41, 5.74) is 6.55. The van der Waals surface area contributed by atoms with Crippen molar-refractivity contribution in [2.75, 3.05) is 12.4 Å². The quantitative estimate of drug-likeness (QED) is 0.629. The van der Waals surface area contributed by atoms with Gasteiger partial charge in [-0.05, 0) is 61.6 Å². The van der Waals surface area contributed by atoms with Crippen molar-refractivity contribution in [3.05, 3.63) is 35.9 Å². The van der Waals surface area contributed by atoms with Gasteiger partial charge < -0.3 is 20.9 Å². The number of carbonyl (C=O) groups excluding carboxylic acids is 2. The van der Waals surface area contributed by atoms with Crippen molar-refractivity contribution in [2.45, 2.75) is 37.8 Å². The molecule has 0 aliphatic heterocycles. The van der Waals surface area contributed by atoms with Gasteiger partial charge in [0.2, 0.25) is 0 Å². The minimum atomic E-state index is -0.715. The molecule has 0 saturated heterocycles. The topological polar surface area (TPSA) is 114 Å². The second kappa shape index (κ2) is 8.41. The molecule has 0 spiro atoms. The van der Waals surface area contributed by atoms with Crippen LogP contribution in [0.2, 0.25) is 0 Å². The molecule has 0 atom stereocenters. The number of nitrogens with two attached hydrogens (primary N) is 1. The third-order valence-corrected chi connectivity index (χ3v) is 5.72. The average Bonchev–Trinajstić information content (AvgIpc) is 3.07. The zero-order valence-electron chi connectivity index (χ0n) is 15.0. The summed E-state index contributed by atoms with van der Waals surface area (Å²) in [6.07, 6.45) is 2.55. The molecule has 8 heteroatoms. The summed E-state index contributed by atoms with van der Waals surface area (Å²) in [6, 6.07) is 8.52. The first-order chi connectivity index (χ1) is 13.0. The fourth-order valence-electron chi connectivity index (χ4n) is 3.15. The number of nitrogens with one attached hydrogen (secondary N) is 2. The standard InChI is InChI=1S/C19H23N3O4S/c1-26-14-8-2-11(3-9-14)16-10-15(18(27-16)22-19(20)25)17(24)21-12-4-6-13(23)7-5-12/h2-3,8-10,12-13,23H,4-7H2,1H3,(H,21,24)(H3,20,22,25)/t12-,13-. The summed E-state index contributed by atoms with van der Waals surface area (Å²) in [6.45, 7) is 0.